The fourth-order valence-electron chi connectivity index (χ4n) is 3.18. The van der Waals surface area contributed by atoms with E-state index in [1.165, 1.54) is 6.07 Å². The summed E-state index contributed by atoms with van der Waals surface area (Å²) in [7, 11) is 0. The van der Waals surface area contributed by atoms with Crippen LogP contribution in [0.3, 0.4) is 0 Å². The minimum atomic E-state index is -0.935. The molecule has 0 aliphatic carbocycles. The fourth-order valence-corrected chi connectivity index (χ4v) is 3.18. The van der Waals surface area contributed by atoms with Gasteiger partial charge in [-0.1, -0.05) is 48.5 Å². The third kappa shape index (κ3) is 2.92. The Hall–Kier alpha value is -3.21. The summed E-state index contributed by atoms with van der Waals surface area (Å²) >= 11 is 0. The minimum Gasteiger partial charge on any atom is -0.361 e. The number of carbonyl (C=O) groups is 1. The summed E-state index contributed by atoms with van der Waals surface area (Å²) in [6, 6.07) is 20.5. The van der Waals surface area contributed by atoms with Crippen LogP contribution in [0.2, 0.25) is 0 Å². The maximum atomic E-state index is 13.8. The number of benzene rings is 3. The summed E-state index contributed by atoms with van der Waals surface area (Å²) < 4.78 is 27.1. The van der Waals surface area contributed by atoms with Gasteiger partial charge in [0.15, 0.2) is 11.6 Å². The zero-order valence-electron chi connectivity index (χ0n) is 13.8. The fraction of sp³-hybridized carbons (Fsp3) is 0.0952. The van der Waals surface area contributed by atoms with E-state index in [2.05, 4.69) is 5.32 Å². The predicted molar refractivity (Wildman–Crippen MR) is 95.5 cm³/mol. The SMILES string of the molecule is O=C1c2ccccc2NC(c2ccc(F)c(F)c2)N1Cc1ccccc1. The van der Waals surface area contributed by atoms with Crippen LogP contribution in [0.4, 0.5) is 14.5 Å². The Labute approximate surface area is 149 Å². The highest BCUT2D eigenvalue weighted by atomic mass is 19.2. The van der Waals surface area contributed by atoms with Crippen LogP contribution in [-0.4, -0.2) is 10.8 Å². The molecule has 0 aromatic heterocycles. The molecule has 26 heavy (non-hydrogen) atoms. The minimum absolute atomic E-state index is 0.155. The highest BCUT2D eigenvalue weighted by molar-refractivity contribution is 6.01. The molecule has 0 radical (unpaired) electrons. The van der Waals surface area contributed by atoms with Crippen LogP contribution in [0.1, 0.15) is 27.7 Å². The van der Waals surface area contributed by atoms with E-state index in [0.29, 0.717) is 23.4 Å². The van der Waals surface area contributed by atoms with E-state index < -0.39 is 17.8 Å². The Morgan fingerprint density at radius 1 is 0.885 bits per heavy atom. The molecule has 0 saturated carbocycles. The number of anilines is 1. The normalized spacial score (nSPS) is 16.2. The molecular weight excluding hydrogens is 334 g/mol. The summed E-state index contributed by atoms with van der Waals surface area (Å²) in [5, 5.41) is 3.28. The number of carbonyl (C=O) groups excluding carboxylic acids is 1. The van der Waals surface area contributed by atoms with Crippen molar-refractivity contribution in [1.29, 1.82) is 0 Å². The molecule has 1 N–H and O–H groups in total. The van der Waals surface area contributed by atoms with Gasteiger partial charge in [-0.05, 0) is 35.4 Å². The lowest BCUT2D eigenvalue weighted by molar-refractivity contribution is 0.0666. The third-order valence-electron chi connectivity index (χ3n) is 4.48. The topological polar surface area (TPSA) is 32.3 Å². The number of hydrogen-bond acceptors (Lipinski definition) is 2. The maximum Gasteiger partial charge on any atom is 0.258 e. The molecule has 0 fully saturated rings. The van der Waals surface area contributed by atoms with Crippen LogP contribution in [0.25, 0.3) is 0 Å². The van der Waals surface area contributed by atoms with Gasteiger partial charge in [-0.15, -0.1) is 0 Å². The van der Waals surface area contributed by atoms with Gasteiger partial charge >= 0.3 is 0 Å². The Bertz CT molecular complexity index is 959. The van der Waals surface area contributed by atoms with Crippen LogP contribution in [0.15, 0.2) is 72.8 Å². The molecule has 5 heteroatoms. The number of nitrogens with one attached hydrogen (secondary N) is 1. The van der Waals surface area contributed by atoms with E-state index in [0.717, 1.165) is 17.7 Å². The first kappa shape index (κ1) is 16.3. The first-order valence-electron chi connectivity index (χ1n) is 8.29. The molecule has 0 saturated heterocycles. The zero-order chi connectivity index (χ0) is 18.1. The number of nitrogens with zero attached hydrogens (tertiary/aromatic N) is 1. The third-order valence-corrected chi connectivity index (χ3v) is 4.48. The van der Waals surface area contributed by atoms with E-state index in [1.807, 2.05) is 36.4 Å². The average Bonchev–Trinajstić information content (AvgIpc) is 2.67. The molecular formula is C21H16F2N2O. The number of para-hydroxylation sites is 1. The monoisotopic (exact) mass is 350 g/mol. The van der Waals surface area contributed by atoms with Gasteiger partial charge in [-0.3, -0.25) is 4.79 Å². The van der Waals surface area contributed by atoms with Crippen molar-refractivity contribution in [2.75, 3.05) is 5.32 Å². The van der Waals surface area contributed by atoms with Crippen molar-refractivity contribution < 1.29 is 13.6 Å². The summed E-state index contributed by atoms with van der Waals surface area (Å²) in [5.41, 5.74) is 2.68. The van der Waals surface area contributed by atoms with Crippen LogP contribution >= 0.6 is 0 Å². The number of amides is 1. The van der Waals surface area contributed by atoms with E-state index in [-0.39, 0.29) is 5.91 Å². The van der Waals surface area contributed by atoms with Crippen molar-refractivity contribution in [1.82, 2.24) is 4.90 Å². The number of fused-ring (bicyclic) bond motifs is 1. The van der Waals surface area contributed by atoms with Crippen molar-refractivity contribution in [3.63, 3.8) is 0 Å². The van der Waals surface area contributed by atoms with Gasteiger partial charge in [-0.25, -0.2) is 8.78 Å². The van der Waals surface area contributed by atoms with E-state index >= 15 is 0 Å². The van der Waals surface area contributed by atoms with E-state index in [1.54, 1.807) is 23.1 Å². The molecule has 4 rings (SSSR count). The van der Waals surface area contributed by atoms with Crippen LogP contribution in [0, 0.1) is 11.6 Å². The Morgan fingerprint density at radius 2 is 1.62 bits per heavy atom. The Balaban J connectivity index is 1.77. The molecule has 3 aromatic carbocycles. The van der Waals surface area contributed by atoms with E-state index in [4.69, 9.17) is 0 Å². The number of hydrogen-bond donors (Lipinski definition) is 1. The van der Waals surface area contributed by atoms with Gasteiger partial charge in [0.25, 0.3) is 5.91 Å². The second kappa shape index (κ2) is 6.59. The lowest BCUT2D eigenvalue weighted by Crippen LogP contribution is -2.42. The van der Waals surface area contributed by atoms with Crippen LogP contribution < -0.4 is 5.32 Å². The highest BCUT2D eigenvalue weighted by Crippen LogP contribution is 2.34. The average molecular weight is 350 g/mol. The standard InChI is InChI=1S/C21H16F2N2O/c22-17-11-10-15(12-18(17)23)20-24-19-9-5-4-8-16(19)21(26)25(20)13-14-6-2-1-3-7-14/h1-12,20,24H,13H2. The van der Waals surface area contributed by atoms with Crippen molar-refractivity contribution in [3.8, 4) is 0 Å². The first-order chi connectivity index (χ1) is 12.6. The lowest BCUT2D eigenvalue weighted by Gasteiger charge is -2.38. The van der Waals surface area contributed by atoms with Gasteiger partial charge in [0.05, 0.1) is 5.56 Å². The molecule has 130 valence electrons. The van der Waals surface area contributed by atoms with Crippen molar-refractivity contribution in [2.24, 2.45) is 0 Å². The largest absolute Gasteiger partial charge is 0.361 e. The summed E-state index contributed by atoms with van der Waals surface area (Å²) in [6.07, 6.45) is -0.590. The quantitative estimate of drug-likeness (QED) is 0.740. The summed E-state index contributed by atoms with van der Waals surface area (Å²) in [5.74, 6) is -2.00. The Morgan fingerprint density at radius 3 is 2.38 bits per heavy atom. The van der Waals surface area contributed by atoms with Gasteiger partial charge in [0.2, 0.25) is 0 Å². The van der Waals surface area contributed by atoms with Crippen molar-refractivity contribution >= 4 is 11.6 Å². The molecule has 1 atom stereocenters. The molecule has 3 aromatic rings. The number of rotatable bonds is 3. The second-order valence-electron chi connectivity index (χ2n) is 6.18. The molecule has 1 amide bonds. The van der Waals surface area contributed by atoms with Gasteiger partial charge < -0.3 is 10.2 Å². The molecule has 3 nitrogen and oxygen atoms in total. The maximum absolute atomic E-state index is 13.8. The smallest absolute Gasteiger partial charge is 0.258 e. The van der Waals surface area contributed by atoms with Crippen molar-refractivity contribution in [3.05, 3.63) is 101 Å². The summed E-state index contributed by atoms with van der Waals surface area (Å²) in [6.45, 7) is 0.352. The Kier molecular flexibility index (Phi) is 4.13. The van der Waals surface area contributed by atoms with E-state index in [9.17, 15) is 13.6 Å². The second-order valence-corrected chi connectivity index (χ2v) is 6.18. The predicted octanol–water partition coefficient (Wildman–Crippen LogP) is 4.73. The van der Waals surface area contributed by atoms with Crippen LogP contribution in [-0.2, 0) is 6.54 Å². The molecule has 1 aliphatic heterocycles. The molecule has 0 bridgehead atoms. The van der Waals surface area contributed by atoms with Gasteiger partial charge in [0, 0.05) is 12.2 Å². The zero-order valence-corrected chi connectivity index (χ0v) is 13.8. The summed E-state index contributed by atoms with van der Waals surface area (Å²) in [4.78, 5) is 14.7. The van der Waals surface area contributed by atoms with Crippen molar-refractivity contribution in [2.45, 2.75) is 12.7 Å². The highest BCUT2D eigenvalue weighted by Gasteiger charge is 2.33. The van der Waals surface area contributed by atoms with Gasteiger partial charge in [0.1, 0.15) is 6.17 Å². The van der Waals surface area contributed by atoms with Crippen LogP contribution in [0.5, 0.6) is 0 Å². The molecule has 0 spiro atoms. The molecule has 1 aliphatic rings. The molecule has 1 heterocycles. The molecule has 1 unspecified atom stereocenters. The lowest BCUT2D eigenvalue weighted by atomic mass is 10.0. The van der Waals surface area contributed by atoms with Gasteiger partial charge in [-0.2, -0.15) is 0 Å². The first-order valence-corrected chi connectivity index (χ1v) is 8.29. The number of halogens is 2.